The summed E-state index contributed by atoms with van der Waals surface area (Å²) in [4.78, 5) is 8.55. The van der Waals surface area contributed by atoms with Crippen molar-refractivity contribution in [1.29, 1.82) is 0 Å². The van der Waals surface area contributed by atoms with Crippen molar-refractivity contribution in [3.63, 3.8) is 0 Å². The van der Waals surface area contributed by atoms with Crippen LogP contribution in [0.2, 0.25) is 0 Å². The van der Waals surface area contributed by atoms with E-state index in [0.717, 1.165) is 22.5 Å². The molecule has 0 aliphatic carbocycles. The number of aryl methyl sites for hydroxylation is 1. The number of para-hydroxylation sites is 1. The van der Waals surface area contributed by atoms with Crippen molar-refractivity contribution in [1.82, 2.24) is 0 Å². The molecule has 2 heteroatoms. The molecule has 0 amide bonds. The fourth-order valence-electron chi connectivity index (χ4n) is 2.09. The standard InChI is InChI=1S/C22H16N2/c1-18-11-15-21(16-12-18)23-17-24-22-10-6-5-9-20(22)14-13-19-7-3-2-4-8-19/h2-12,15-16H,1H3. The first-order chi connectivity index (χ1) is 11.8. The molecule has 0 unspecified atom stereocenters. The van der Waals surface area contributed by atoms with Gasteiger partial charge in [0.05, 0.1) is 16.9 Å². The molecule has 0 fully saturated rings. The minimum absolute atomic E-state index is 0.761. The minimum atomic E-state index is 0.761. The number of aliphatic imine (C=N–C) groups is 2. The van der Waals surface area contributed by atoms with E-state index in [1.165, 1.54) is 5.56 Å². The van der Waals surface area contributed by atoms with E-state index >= 15 is 0 Å². The summed E-state index contributed by atoms with van der Waals surface area (Å²) >= 11 is 0. The van der Waals surface area contributed by atoms with Crippen LogP contribution in [0.15, 0.2) is 88.8 Å². The highest BCUT2D eigenvalue weighted by Gasteiger charge is 1.95. The van der Waals surface area contributed by atoms with E-state index in [2.05, 4.69) is 27.8 Å². The second-order valence-electron chi connectivity index (χ2n) is 5.29. The minimum Gasteiger partial charge on any atom is -0.188 e. The third-order valence-electron chi connectivity index (χ3n) is 3.40. The number of hydrogen-bond acceptors (Lipinski definition) is 2. The van der Waals surface area contributed by atoms with Gasteiger partial charge in [-0.1, -0.05) is 59.9 Å². The fourth-order valence-corrected chi connectivity index (χ4v) is 2.09. The van der Waals surface area contributed by atoms with Gasteiger partial charge in [-0.2, -0.15) is 9.98 Å². The Bertz CT molecular complexity index is 937. The smallest absolute Gasteiger partial charge is 0.101 e. The van der Waals surface area contributed by atoms with Gasteiger partial charge in [-0.25, -0.2) is 0 Å². The molecule has 0 atom stereocenters. The molecular weight excluding hydrogens is 292 g/mol. The first-order valence-electron chi connectivity index (χ1n) is 7.70. The molecule has 2 nitrogen and oxygen atoms in total. The Kier molecular flexibility index (Phi) is 5.00. The lowest BCUT2D eigenvalue weighted by Crippen LogP contribution is -1.77. The Labute approximate surface area is 142 Å². The van der Waals surface area contributed by atoms with Crippen LogP contribution in [-0.4, -0.2) is 6.01 Å². The van der Waals surface area contributed by atoms with Crippen LogP contribution < -0.4 is 0 Å². The Balaban J connectivity index is 1.86. The molecule has 0 saturated heterocycles. The lowest BCUT2D eigenvalue weighted by atomic mass is 10.1. The third-order valence-corrected chi connectivity index (χ3v) is 3.40. The van der Waals surface area contributed by atoms with Gasteiger partial charge in [0.15, 0.2) is 0 Å². The van der Waals surface area contributed by atoms with Crippen LogP contribution in [-0.2, 0) is 0 Å². The maximum Gasteiger partial charge on any atom is 0.101 e. The number of benzene rings is 3. The highest BCUT2D eigenvalue weighted by Crippen LogP contribution is 2.17. The number of nitrogens with zero attached hydrogens (tertiary/aromatic N) is 2. The first kappa shape index (κ1) is 15.5. The Morgan fingerprint density at radius 3 is 2.17 bits per heavy atom. The van der Waals surface area contributed by atoms with Crippen LogP contribution in [0.3, 0.4) is 0 Å². The second kappa shape index (κ2) is 7.74. The predicted octanol–water partition coefficient (Wildman–Crippen LogP) is 5.53. The monoisotopic (exact) mass is 308 g/mol. The summed E-state index contributed by atoms with van der Waals surface area (Å²) in [5.41, 5.74) is 4.62. The average molecular weight is 308 g/mol. The van der Waals surface area contributed by atoms with Gasteiger partial charge in [-0.3, -0.25) is 0 Å². The van der Waals surface area contributed by atoms with E-state index in [1.807, 2.05) is 85.8 Å². The molecule has 0 aliphatic rings. The molecule has 0 saturated carbocycles. The topological polar surface area (TPSA) is 24.7 Å². The van der Waals surface area contributed by atoms with Crippen molar-refractivity contribution in [3.05, 3.63) is 95.6 Å². The molecule has 3 aromatic carbocycles. The summed E-state index contributed by atoms with van der Waals surface area (Å²) in [6.45, 7) is 2.04. The van der Waals surface area contributed by atoms with E-state index in [0.29, 0.717) is 0 Å². The van der Waals surface area contributed by atoms with Crippen LogP contribution in [0.4, 0.5) is 11.4 Å². The van der Waals surface area contributed by atoms with Gasteiger partial charge in [0.25, 0.3) is 0 Å². The van der Waals surface area contributed by atoms with Crippen molar-refractivity contribution in [2.24, 2.45) is 9.98 Å². The van der Waals surface area contributed by atoms with Gasteiger partial charge in [-0.05, 0) is 43.3 Å². The summed E-state index contributed by atoms with van der Waals surface area (Å²) in [6, 6.07) is 28.3. The molecule has 0 spiro atoms. The Morgan fingerprint density at radius 2 is 1.38 bits per heavy atom. The second-order valence-corrected chi connectivity index (χ2v) is 5.29. The van der Waals surface area contributed by atoms with E-state index in [1.54, 1.807) is 0 Å². The molecule has 114 valence electrons. The van der Waals surface area contributed by atoms with E-state index in [9.17, 15) is 0 Å². The van der Waals surface area contributed by atoms with Crippen LogP contribution in [0.5, 0.6) is 0 Å². The molecule has 3 aromatic rings. The summed E-state index contributed by atoms with van der Waals surface area (Å²) in [6.07, 6.45) is 0. The van der Waals surface area contributed by atoms with Crippen molar-refractivity contribution >= 4 is 17.4 Å². The normalized spacial score (nSPS) is 9.38. The van der Waals surface area contributed by atoms with Gasteiger partial charge in [0.1, 0.15) is 6.01 Å². The zero-order valence-corrected chi connectivity index (χ0v) is 13.4. The van der Waals surface area contributed by atoms with Crippen LogP contribution >= 0.6 is 0 Å². The van der Waals surface area contributed by atoms with E-state index in [-0.39, 0.29) is 0 Å². The van der Waals surface area contributed by atoms with Crippen molar-refractivity contribution < 1.29 is 0 Å². The largest absolute Gasteiger partial charge is 0.188 e. The SMILES string of the molecule is Cc1ccc(N=C=Nc2ccccc2C#Cc2ccccc2)cc1. The van der Waals surface area contributed by atoms with Crippen molar-refractivity contribution in [3.8, 4) is 11.8 Å². The van der Waals surface area contributed by atoms with Crippen LogP contribution in [0.25, 0.3) is 0 Å². The zero-order valence-electron chi connectivity index (χ0n) is 13.4. The van der Waals surface area contributed by atoms with Gasteiger partial charge in [0.2, 0.25) is 0 Å². The van der Waals surface area contributed by atoms with Crippen molar-refractivity contribution in [2.75, 3.05) is 0 Å². The Hall–Kier alpha value is -3.40. The van der Waals surface area contributed by atoms with E-state index < -0.39 is 0 Å². The van der Waals surface area contributed by atoms with Gasteiger partial charge in [0, 0.05) is 5.56 Å². The highest BCUT2D eigenvalue weighted by atomic mass is 14.8. The maximum absolute atomic E-state index is 4.32. The van der Waals surface area contributed by atoms with Crippen molar-refractivity contribution in [2.45, 2.75) is 6.92 Å². The van der Waals surface area contributed by atoms with Gasteiger partial charge >= 0.3 is 0 Å². The molecule has 0 bridgehead atoms. The predicted molar refractivity (Wildman–Crippen MR) is 99.2 cm³/mol. The van der Waals surface area contributed by atoms with E-state index in [4.69, 9.17) is 0 Å². The van der Waals surface area contributed by atoms with Crippen LogP contribution in [0, 0.1) is 18.8 Å². The molecule has 0 radical (unpaired) electrons. The number of rotatable bonds is 2. The first-order valence-corrected chi connectivity index (χ1v) is 7.70. The summed E-state index contributed by atoms with van der Waals surface area (Å²) in [5, 5.41) is 0. The summed E-state index contributed by atoms with van der Waals surface area (Å²) < 4.78 is 0. The van der Waals surface area contributed by atoms with Crippen LogP contribution in [0.1, 0.15) is 16.7 Å². The molecule has 0 heterocycles. The quantitative estimate of drug-likeness (QED) is 0.439. The number of hydrogen-bond donors (Lipinski definition) is 0. The fraction of sp³-hybridized carbons (Fsp3) is 0.0455. The lowest BCUT2D eigenvalue weighted by Gasteiger charge is -1.95. The summed E-state index contributed by atoms with van der Waals surface area (Å²) in [5.74, 6) is 6.31. The Morgan fingerprint density at radius 1 is 0.667 bits per heavy atom. The average Bonchev–Trinajstić information content (AvgIpc) is 2.63. The third kappa shape index (κ3) is 4.30. The summed E-state index contributed by atoms with van der Waals surface area (Å²) in [7, 11) is 0. The lowest BCUT2D eigenvalue weighted by molar-refractivity contribution is 1.43. The van der Waals surface area contributed by atoms with Gasteiger partial charge in [-0.15, -0.1) is 0 Å². The molecule has 24 heavy (non-hydrogen) atoms. The van der Waals surface area contributed by atoms with Gasteiger partial charge < -0.3 is 0 Å². The zero-order chi connectivity index (χ0) is 16.6. The molecule has 3 rings (SSSR count). The maximum atomic E-state index is 4.32. The molecule has 0 N–H and O–H groups in total. The molecule has 0 aromatic heterocycles. The molecule has 0 aliphatic heterocycles. The highest BCUT2D eigenvalue weighted by molar-refractivity contribution is 5.63. The molecular formula is C22H16N2.